The van der Waals surface area contributed by atoms with E-state index in [-0.39, 0.29) is 5.41 Å². The molecule has 0 atom stereocenters. The van der Waals surface area contributed by atoms with Gasteiger partial charge in [0, 0.05) is 42.4 Å². The number of hydrogen-bond donors (Lipinski definition) is 0. The molecule has 3 heteroatoms. The van der Waals surface area contributed by atoms with Gasteiger partial charge in [0.2, 0.25) is 5.69 Å². The molecular weight excluding hydrogens is 376 g/mol. The van der Waals surface area contributed by atoms with Crippen LogP contribution in [-0.4, -0.2) is 36.3 Å². The standard InChI is InChI=1S/C24H30ClN2.C2H6/c1-6-27(16-15-25)20-13-11-19(18(2)17-20)12-14-23-24(3,4)21-9-7-8-10-22(21)26(23)5;1-2/h7-14,17H,6,15-16H2,1-5H3;1-2H3/q+1;. The molecule has 2 aromatic rings. The van der Waals surface area contributed by atoms with Crippen molar-refractivity contribution in [3.05, 3.63) is 65.2 Å². The molecule has 0 saturated heterocycles. The van der Waals surface area contributed by atoms with Gasteiger partial charge in [0.05, 0.1) is 5.41 Å². The largest absolute Gasteiger partial charge is 0.371 e. The number of nitrogens with zero attached hydrogens (tertiary/aromatic N) is 2. The Balaban J connectivity index is 0.00000145. The van der Waals surface area contributed by atoms with Crippen LogP contribution in [0.4, 0.5) is 11.4 Å². The van der Waals surface area contributed by atoms with E-state index in [0.29, 0.717) is 5.88 Å². The molecule has 1 aliphatic rings. The first kappa shape index (κ1) is 23.2. The van der Waals surface area contributed by atoms with Crippen molar-refractivity contribution in [1.82, 2.24) is 0 Å². The molecule has 0 radical (unpaired) electrons. The van der Waals surface area contributed by atoms with Crippen molar-refractivity contribution in [2.75, 3.05) is 30.9 Å². The Kier molecular flexibility index (Phi) is 8.10. The molecule has 0 bridgehead atoms. The molecule has 0 saturated carbocycles. The number of allylic oxidation sites excluding steroid dienone is 1. The van der Waals surface area contributed by atoms with E-state index in [2.05, 4.69) is 98.8 Å². The predicted octanol–water partition coefficient (Wildman–Crippen LogP) is 6.81. The Labute approximate surface area is 182 Å². The van der Waals surface area contributed by atoms with Crippen LogP contribution < -0.4 is 4.90 Å². The van der Waals surface area contributed by atoms with Gasteiger partial charge in [-0.2, -0.15) is 4.58 Å². The molecule has 0 spiro atoms. The summed E-state index contributed by atoms with van der Waals surface area (Å²) in [6.45, 7) is 14.8. The number of aryl methyl sites for hydroxylation is 1. The van der Waals surface area contributed by atoms with Gasteiger partial charge in [0.1, 0.15) is 7.05 Å². The average Bonchev–Trinajstić information content (AvgIpc) is 2.93. The first-order valence-corrected chi connectivity index (χ1v) is 11.2. The molecule has 0 fully saturated rings. The van der Waals surface area contributed by atoms with E-state index in [4.69, 9.17) is 11.6 Å². The molecule has 0 unspecified atom stereocenters. The van der Waals surface area contributed by atoms with Crippen molar-refractivity contribution in [3.63, 3.8) is 0 Å². The predicted molar refractivity (Wildman–Crippen MR) is 130 cm³/mol. The minimum absolute atomic E-state index is 0.00897. The summed E-state index contributed by atoms with van der Waals surface area (Å²) in [6.07, 6.45) is 4.52. The maximum Gasteiger partial charge on any atom is 0.209 e. The summed E-state index contributed by atoms with van der Waals surface area (Å²) in [5.74, 6) is 0.648. The van der Waals surface area contributed by atoms with E-state index in [0.717, 1.165) is 13.1 Å². The second-order valence-corrected chi connectivity index (χ2v) is 8.11. The van der Waals surface area contributed by atoms with Crippen LogP contribution in [0.2, 0.25) is 0 Å². The van der Waals surface area contributed by atoms with Crippen LogP contribution in [0.3, 0.4) is 0 Å². The zero-order valence-electron chi connectivity index (χ0n) is 19.1. The molecule has 0 N–H and O–H groups in total. The highest BCUT2D eigenvalue weighted by molar-refractivity contribution is 6.18. The highest BCUT2D eigenvalue weighted by atomic mass is 35.5. The summed E-state index contributed by atoms with van der Waals surface area (Å²) in [7, 11) is 2.16. The van der Waals surface area contributed by atoms with E-state index in [9.17, 15) is 0 Å². The molecule has 1 aliphatic heterocycles. The maximum atomic E-state index is 5.94. The first-order valence-electron chi connectivity index (χ1n) is 10.7. The molecule has 2 nitrogen and oxygen atoms in total. The van der Waals surface area contributed by atoms with E-state index < -0.39 is 0 Å². The lowest BCUT2D eigenvalue weighted by Crippen LogP contribution is -2.26. The van der Waals surface area contributed by atoms with E-state index in [1.807, 2.05) is 13.8 Å². The molecule has 156 valence electrons. The van der Waals surface area contributed by atoms with Gasteiger partial charge in [-0.25, -0.2) is 0 Å². The van der Waals surface area contributed by atoms with Gasteiger partial charge in [-0.15, -0.1) is 11.6 Å². The SMILES string of the molecule is CC.CCN(CCCl)c1ccc(/C=C/C2=[N+](C)c3ccccc3C2(C)C)c(C)c1. The van der Waals surface area contributed by atoms with Crippen LogP contribution in [0.25, 0.3) is 6.08 Å². The minimum Gasteiger partial charge on any atom is -0.371 e. The van der Waals surface area contributed by atoms with Crippen LogP contribution in [-0.2, 0) is 5.41 Å². The van der Waals surface area contributed by atoms with Gasteiger partial charge in [0.15, 0.2) is 5.71 Å². The van der Waals surface area contributed by atoms with Crippen molar-refractivity contribution >= 4 is 34.8 Å². The number of fused-ring (bicyclic) bond motifs is 1. The van der Waals surface area contributed by atoms with Crippen molar-refractivity contribution < 1.29 is 4.58 Å². The molecule has 3 rings (SSSR count). The molecule has 2 aromatic carbocycles. The number of alkyl halides is 1. The Morgan fingerprint density at radius 2 is 1.76 bits per heavy atom. The Morgan fingerprint density at radius 1 is 1.07 bits per heavy atom. The summed E-state index contributed by atoms with van der Waals surface area (Å²) >= 11 is 5.94. The minimum atomic E-state index is 0.00897. The zero-order valence-corrected chi connectivity index (χ0v) is 19.8. The second-order valence-electron chi connectivity index (χ2n) is 7.73. The fourth-order valence-electron chi connectivity index (χ4n) is 4.09. The van der Waals surface area contributed by atoms with Crippen molar-refractivity contribution in [1.29, 1.82) is 0 Å². The lowest BCUT2D eigenvalue weighted by molar-refractivity contribution is -0.401. The smallest absolute Gasteiger partial charge is 0.209 e. The lowest BCUT2D eigenvalue weighted by atomic mass is 9.81. The monoisotopic (exact) mass is 411 g/mol. The molecule has 0 aromatic heterocycles. The maximum absolute atomic E-state index is 5.94. The zero-order chi connectivity index (χ0) is 21.6. The number of para-hydroxylation sites is 1. The number of benzene rings is 2. The number of halogens is 1. The van der Waals surface area contributed by atoms with E-state index in [1.54, 1.807) is 0 Å². The highest BCUT2D eigenvalue weighted by Crippen LogP contribution is 2.39. The molecule has 29 heavy (non-hydrogen) atoms. The number of hydrogen-bond acceptors (Lipinski definition) is 1. The van der Waals surface area contributed by atoms with E-state index in [1.165, 1.54) is 33.8 Å². The van der Waals surface area contributed by atoms with Gasteiger partial charge < -0.3 is 4.90 Å². The fourth-order valence-corrected chi connectivity index (χ4v) is 4.29. The van der Waals surface area contributed by atoms with Gasteiger partial charge in [-0.3, -0.25) is 0 Å². The fraction of sp³-hybridized carbons (Fsp3) is 0.423. The molecule has 0 amide bonds. The third kappa shape index (κ3) is 4.75. The van der Waals surface area contributed by atoms with Gasteiger partial charge >= 0.3 is 0 Å². The summed E-state index contributed by atoms with van der Waals surface area (Å²) in [5, 5.41) is 0. The normalized spacial score (nSPS) is 14.6. The molecule has 0 aliphatic carbocycles. The lowest BCUT2D eigenvalue weighted by Gasteiger charge is -2.22. The Bertz CT molecular complexity index is 893. The van der Waals surface area contributed by atoms with Crippen LogP contribution >= 0.6 is 11.6 Å². The topological polar surface area (TPSA) is 6.25 Å². The van der Waals surface area contributed by atoms with Crippen molar-refractivity contribution in [2.24, 2.45) is 0 Å². The quantitative estimate of drug-likeness (QED) is 0.374. The van der Waals surface area contributed by atoms with Crippen LogP contribution in [0.5, 0.6) is 0 Å². The molecular formula is C26H36ClN2+. The highest BCUT2D eigenvalue weighted by Gasteiger charge is 2.42. The number of rotatable bonds is 6. The van der Waals surface area contributed by atoms with Crippen molar-refractivity contribution in [2.45, 2.75) is 47.0 Å². The van der Waals surface area contributed by atoms with Crippen LogP contribution in [0, 0.1) is 6.92 Å². The first-order chi connectivity index (χ1) is 13.9. The third-order valence-corrected chi connectivity index (χ3v) is 5.88. The van der Waals surface area contributed by atoms with Gasteiger partial charge in [-0.05, 0) is 57.0 Å². The Hall–Kier alpha value is -2.06. The van der Waals surface area contributed by atoms with Crippen molar-refractivity contribution in [3.8, 4) is 0 Å². The summed E-state index contributed by atoms with van der Waals surface area (Å²) < 4.78 is 2.31. The molecule has 1 heterocycles. The number of anilines is 1. The van der Waals surface area contributed by atoms with E-state index >= 15 is 0 Å². The summed E-state index contributed by atoms with van der Waals surface area (Å²) in [5.41, 5.74) is 7.81. The van der Waals surface area contributed by atoms with Gasteiger partial charge in [0.25, 0.3) is 0 Å². The second kappa shape index (κ2) is 10.1. The Morgan fingerprint density at radius 3 is 2.34 bits per heavy atom. The van der Waals surface area contributed by atoms with Crippen LogP contribution in [0.1, 0.15) is 51.3 Å². The summed E-state index contributed by atoms with van der Waals surface area (Å²) in [6, 6.07) is 15.4. The summed E-state index contributed by atoms with van der Waals surface area (Å²) in [4.78, 5) is 2.31. The average molecular weight is 412 g/mol. The third-order valence-electron chi connectivity index (χ3n) is 5.72. The van der Waals surface area contributed by atoms with Gasteiger partial charge in [-0.1, -0.05) is 38.1 Å². The van der Waals surface area contributed by atoms with Crippen LogP contribution in [0.15, 0.2) is 48.5 Å².